The molecule has 3 nitrogen and oxygen atoms in total. The average molecular weight is 327 g/mol. The van der Waals surface area contributed by atoms with Gasteiger partial charge in [0.1, 0.15) is 17.3 Å². The van der Waals surface area contributed by atoms with Crippen LogP contribution in [0.25, 0.3) is 11.3 Å². The molecule has 3 rings (SSSR count). The van der Waals surface area contributed by atoms with E-state index in [1.54, 1.807) is 0 Å². The van der Waals surface area contributed by atoms with Gasteiger partial charge in [0.15, 0.2) is 0 Å². The summed E-state index contributed by atoms with van der Waals surface area (Å²) in [7, 11) is 1.96. The third kappa shape index (κ3) is 1.93. The molecule has 1 fully saturated rings. The van der Waals surface area contributed by atoms with Gasteiger partial charge in [-0.15, -0.1) is 0 Å². The molecule has 2 N–H and O–H groups in total. The van der Waals surface area contributed by atoms with Crippen LogP contribution in [0, 0.1) is 0 Å². The second-order valence-electron chi connectivity index (χ2n) is 4.66. The van der Waals surface area contributed by atoms with Crippen LogP contribution < -0.4 is 5.73 Å². The summed E-state index contributed by atoms with van der Waals surface area (Å²) in [6.45, 7) is 0. The van der Waals surface area contributed by atoms with Crippen LogP contribution in [-0.2, 0) is 7.05 Å². The third-order valence-electron chi connectivity index (χ3n) is 3.30. The highest BCUT2D eigenvalue weighted by molar-refractivity contribution is 9.10. The van der Waals surface area contributed by atoms with Crippen LogP contribution in [0.5, 0.6) is 0 Å². The number of nitrogen functional groups attached to an aromatic ring is 1. The first-order valence-corrected chi connectivity index (χ1v) is 7.02. The summed E-state index contributed by atoms with van der Waals surface area (Å²) >= 11 is 9.68. The van der Waals surface area contributed by atoms with Crippen LogP contribution >= 0.6 is 27.5 Å². The molecule has 0 radical (unpaired) electrons. The van der Waals surface area contributed by atoms with Gasteiger partial charge in [-0.25, -0.2) is 4.98 Å². The Kier molecular flexibility index (Phi) is 2.87. The SMILES string of the molecule is Cn1c(C2CC2)nc(-c2cc(Br)ccc2Cl)c1N. The van der Waals surface area contributed by atoms with Crippen LogP contribution in [0.4, 0.5) is 5.82 Å². The number of nitrogens with two attached hydrogens (primary N) is 1. The van der Waals surface area contributed by atoms with E-state index in [2.05, 4.69) is 20.9 Å². The molecule has 2 aromatic rings. The monoisotopic (exact) mass is 325 g/mol. The van der Waals surface area contributed by atoms with Gasteiger partial charge in [-0.2, -0.15) is 0 Å². The lowest BCUT2D eigenvalue weighted by atomic mass is 10.1. The second kappa shape index (κ2) is 4.28. The molecule has 1 saturated carbocycles. The van der Waals surface area contributed by atoms with Crippen LogP contribution in [0.3, 0.4) is 0 Å². The number of rotatable bonds is 2. The van der Waals surface area contributed by atoms with Gasteiger partial charge in [-0.05, 0) is 31.0 Å². The van der Waals surface area contributed by atoms with Crippen molar-refractivity contribution in [2.75, 3.05) is 5.73 Å². The molecule has 0 bridgehead atoms. The minimum absolute atomic E-state index is 0.567. The third-order valence-corrected chi connectivity index (χ3v) is 4.12. The van der Waals surface area contributed by atoms with Gasteiger partial charge < -0.3 is 10.3 Å². The predicted octanol–water partition coefficient (Wildman–Crippen LogP) is 3.96. The zero-order valence-electron chi connectivity index (χ0n) is 9.95. The molecular formula is C13H13BrClN3. The molecule has 0 aliphatic heterocycles. The van der Waals surface area contributed by atoms with Crippen molar-refractivity contribution >= 4 is 33.3 Å². The van der Waals surface area contributed by atoms with Gasteiger partial charge in [0.05, 0.1) is 5.02 Å². The molecule has 0 unspecified atom stereocenters. The summed E-state index contributed by atoms with van der Waals surface area (Å²) in [5, 5.41) is 0.672. The number of nitrogens with zero attached hydrogens (tertiary/aromatic N) is 2. The Morgan fingerprint density at radius 3 is 2.83 bits per heavy atom. The molecule has 0 atom stereocenters. The lowest BCUT2D eigenvalue weighted by molar-refractivity contribution is 0.807. The number of benzene rings is 1. The molecule has 0 spiro atoms. The van der Waals surface area contributed by atoms with E-state index in [1.165, 1.54) is 12.8 Å². The Morgan fingerprint density at radius 2 is 2.17 bits per heavy atom. The summed E-state index contributed by atoms with van der Waals surface area (Å²) in [4.78, 5) is 4.68. The summed E-state index contributed by atoms with van der Waals surface area (Å²) in [5.41, 5.74) is 7.81. The number of halogens is 2. The van der Waals surface area contributed by atoms with E-state index >= 15 is 0 Å². The Bertz CT molecular complexity index is 617. The lowest BCUT2D eigenvalue weighted by Crippen LogP contribution is -2.00. The van der Waals surface area contributed by atoms with Crippen molar-refractivity contribution in [3.05, 3.63) is 33.5 Å². The smallest absolute Gasteiger partial charge is 0.131 e. The molecular weight excluding hydrogens is 314 g/mol. The van der Waals surface area contributed by atoms with Gasteiger partial charge >= 0.3 is 0 Å². The van der Waals surface area contributed by atoms with Crippen molar-refractivity contribution in [3.63, 3.8) is 0 Å². The normalized spacial score (nSPS) is 15.1. The first-order chi connectivity index (χ1) is 8.58. The molecule has 0 saturated heterocycles. The highest BCUT2D eigenvalue weighted by Crippen LogP contribution is 2.42. The van der Waals surface area contributed by atoms with E-state index in [4.69, 9.17) is 17.3 Å². The molecule has 94 valence electrons. The zero-order valence-corrected chi connectivity index (χ0v) is 12.3. The van der Waals surface area contributed by atoms with Crippen LogP contribution in [0.15, 0.2) is 22.7 Å². The summed E-state index contributed by atoms with van der Waals surface area (Å²) < 4.78 is 2.95. The summed E-state index contributed by atoms with van der Waals surface area (Å²) in [6, 6.07) is 5.72. The molecule has 1 aromatic carbocycles. The average Bonchev–Trinajstić information content (AvgIpc) is 3.13. The summed E-state index contributed by atoms with van der Waals surface area (Å²) in [6.07, 6.45) is 2.41. The van der Waals surface area contributed by atoms with Gasteiger partial charge in [-0.3, -0.25) is 0 Å². The number of hydrogen-bond donors (Lipinski definition) is 1. The largest absolute Gasteiger partial charge is 0.383 e. The van der Waals surface area contributed by atoms with Crippen molar-refractivity contribution in [1.82, 2.24) is 9.55 Å². The Labute approximate surface area is 119 Å². The van der Waals surface area contributed by atoms with E-state index in [1.807, 2.05) is 29.8 Å². The fraction of sp³-hybridized carbons (Fsp3) is 0.308. The second-order valence-corrected chi connectivity index (χ2v) is 5.98. The van der Waals surface area contributed by atoms with E-state index in [0.29, 0.717) is 16.8 Å². The van der Waals surface area contributed by atoms with Gasteiger partial charge in [-0.1, -0.05) is 27.5 Å². The number of imidazole rings is 1. The highest BCUT2D eigenvalue weighted by atomic mass is 79.9. The fourth-order valence-electron chi connectivity index (χ4n) is 2.11. The lowest BCUT2D eigenvalue weighted by Gasteiger charge is -2.03. The van der Waals surface area contributed by atoms with Crippen molar-refractivity contribution in [2.45, 2.75) is 18.8 Å². The van der Waals surface area contributed by atoms with Gasteiger partial charge in [0, 0.05) is 23.0 Å². The fourth-order valence-corrected chi connectivity index (χ4v) is 2.68. The van der Waals surface area contributed by atoms with E-state index in [9.17, 15) is 0 Å². The first kappa shape index (κ1) is 12.1. The molecule has 5 heteroatoms. The predicted molar refractivity (Wildman–Crippen MR) is 77.7 cm³/mol. The highest BCUT2D eigenvalue weighted by Gasteiger charge is 2.30. The van der Waals surface area contributed by atoms with Crippen molar-refractivity contribution < 1.29 is 0 Å². The summed E-state index contributed by atoms with van der Waals surface area (Å²) in [5.74, 6) is 2.31. The van der Waals surface area contributed by atoms with E-state index in [0.717, 1.165) is 21.6 Å². The Balaban J connectivity index is 2.16. The Morgan fingerprint density at radius 1 is 1.44 bits per heavy atom. The van der Waals surface area contributed by atoms with Crippen molar-refractivity contribution in [3.8, 4) is 11.3 Å². The number of hydrogen-bond acceptors (Lipinski definition) is 2. The maximum absolute atomic E-state index is 6.23. The first-order valence-electron chi connectivity index (χ1n) is 5.85. The molecule has 0 amide bonds. The van der Waals surface area contributed by atoms with Crippen LogP contribution in [-0.4, -0.2) is 9.55 Å². The molecule has 1 aromatic heterocycles. The Hall–Kier alpha value is -1.00. The quantitative estimate of drug-likeness (QED) is 0.907. The number of aromatic nitrogens is 2. The zero-order chi connectivity index (χ0) is 12.9. The maximum Gasteiger partial charge on any atom is 0.131 e. The van der Waals surface area contributed by atoms with E-state index in [-0.39, 0.29) is 0 Å². The van der Waals surface area contributed by atoms with Crippen molar-refractivity contribution in [1.29, 1.82) is 0 Å². The minimum Gasteiger partial charge on any atom is -0.383 e. The topological polar surface area (TPSA) is 43.8 Å². The van der Waals surface area contributed by atoms with Crippen LogP contribution in [0.2, 0.25) is 5.02 Å². The molecule has 1 aliphatic carbocycles. The van der Waals surface area contributed by atoms with Gasteiger partial charge in [0.25, 0.3) is 0 Å². The van der Waals surface area contributed by atoms with E-state index < -0.39 is 0 Å². The van der Waals surface area contributed by atoms with Gasteiger partial charge in [0.2, 0.25) is 0 Å². The van der Waals surface area contributed by atoms with Crippen LogP contribution in [0.1, 0.15) is 24.6 Å². The molecule has 1 heterocycles. The standard InChI is InChI=1S/C13H13BrClN3/c1-18-12(16)11(17-13(18)7-2-3-7)9-6-8(14)4-5-10(9)15/h4-7H,2-3,16H2,1H3. The maximum atomic E-state index is 6.23. The molecule has 18 heavy (non-hydrogen) atoms. The minimum atomic E-state index is 0.567. The number of anilines is 1. The molecule has 1 aliphatic rings. The van der Waals surface area contributed by atoms with Crippen molar-refractivity contribution in [2.24, 2.45) is 7.05 Å².